The lowest BCUT2D eigenvalue weighted by molar-refractivity contribution is 0.373. The predicted molar refractivity (Wildman–Crippen MR) is 76.9 cm³/mol. The van der Waals surface area contributed by atoms with Crippen LogP contribution in [0.15, 0.2) is 18.2 Å². The quantitative estimate of drug-likeness (QED) is 0.822. The summed E-state index contributed by atoms with van der Waals surface area (Å²) in [7, 11) is 4.14. The van der Waals surface area contributed by atoms with E-state index in [9.17, 15) is 0 Å². The van der Waals surface area contributed by atoms with Gasteiger partial charge in [0.25, 0.3) is 0 Å². The molecule has 4 heteroatoms. The molecule has 2 N–H and O–H groups in total. The third-order valence-electron chi connectivity index (χ3n) is 2.81. The highest BCUT2D eigenvalue weighted by Crippen LogP contribution is 2.32. The van der Waals surface area contributed by atoms with Gasteiger partial charge in [-0.3, -0.25) is 0 Å². The molecule has 1 aromatic carbocycles. The number of hydrogen-bond acceptors (Lipinski definition) is 3. The van der Waals surface area contributed by atoms with Crippen LogP contribution in [0, 0.1) is 0 Å². The van der Waals surface area contributed by atoms with Crippen molar-refractivity contribution in [2.75, 3.05) is 37.8 Å². The molecule has 0 radical (unpaired) electrons. The molecule has 1 aromatic rings. The average Bonchev–Trinajstić information content (AvgIpc) is 2.22. The number of halogens is 1. The van der Waals surface area contributed by atoms with Crippen molar-refractivity contribution in [3.05, 3.63) is 23.2 Å². The minimum Gasteiger partial charge on any atom is -0.397 e. The average molecular weight is 256 g/mol. The minimum absolute atomic E-state index is 0.372. The predicted octanol–water partition coefficient (Wildman–Crippen LogP) is 2.70. The van der Waals surface area contributed by atoms with Crippen LogP contribution in [0.5, 0.6) is 0 Å². The lowest BCUT2D eigenvalue weighted by atomic mass is 10.2. The van der Waals surface area contributed by atoms with Crippen molar-refractivity contribution in [1.29, 1.82) is 0 Å². The zero-order valence-electron chi connectivity index (χ0n) is 11.1. The molecule has 0 amide bonds. The largest absolute Gasteiger partial charge is 0.397 e. The summed E-state index contributed by atoms with van der Waals surface area (Å²) in [6.45, 7) is 6.17. The molecule has 3 nitrogen and oxygen atoms in total. The monoisotopic (exact) mass is 255 g/mol. The van der Waals surface area contributed by atoms with Crippen LogP contribution in [0.3, 0.4) is 0 Å². The lowest BCUT2D eigenvalue weighted by Gasteiger charge is -2.33. The first-order valence-electron chi connectivity index (χ1n) is 5.92. The van der Waals surface area contributed by atoms with Gasteiger partial charge in [-0.05, 0) is 40.1 Å². The second-order valence-electron chi connectivity index (χ2n) is 4.57. The Bertz CT molecular complexity index is 345. The summed E-state index contributed by atoms with van der Waals surface area (Å²) in [4.78, 5) is 4.41. The van der Waals surface area contributed by atoms with E-state index in [1.54, 1.807) is 0 Å². The summed E-state index contributed by atoms with van der Waals surface area (Å²) < 4.78 is 0. The number of likely N-dealkylation sites (N-methyl/N-ethyl adjacent to an activating group) is 2. The number of anilines is 2. The molecule has 0 aliphatic carbocycles. The van der Waals surface area contributed by atoms with Crippen LogP contribution >= 0.6 is 11.6 Å². The van der Waals surface area contributed by atoms with E-state index >= 15 is 0 Å². The van der Waals surface area contributed by atoms with E-state index in [0.717, 1.165) is 29.5 Å². The summed E-state index contributed by atoms with van der Waals surface area (Å²) in [5.74, 6) is 0. The zero-order chi connectivity index (χ0) is 13.0. The number of hydrogen-bond donors (Lipinski definition) is 1. The smallest absolute Gasteiger partial charge is 0.0791 e. The van der Waals surface area contributed by atoms with Crippen molar-refractivity contribution in [3.8, 4) is 0 Å². The highest BCUT2D eigenvalue weighted by atomic mass is 35.5. The van der Waals surface area contributed by atoms with Crippen molar-refractivity contribution in [2.45, 2.75) is 19.9 Å². The molecule has 17 heavy (non-hydrogen) atoms. The number of nitrogen functional groups attached to an aromatic ring is 1. The van der Waals surface area contributed by atoms with Crippen LogP contribution in [0.2, 0.25) is 5.02 Å². The van der Waals surface area contributed by atoms with Gasteiger partial charge in [-0.2, -0.15) is 0 Å². The summed E-state index contributed by atoms with van der Waals surface area (Å²) in [6, 6.07) is 6.04. The summed E-state index contributed by atoms with van der Waals surface area (Å²) >= 11 is 6.25. The standard InChI is InChI=1S/C13H22ClN3/c1-5-17(10(2)9-16(3)4)13-11(14)7-6-8-12(13)15/h6-8,10H,5,9,15H2,1-4H3. The van der Waals surface area contributed by atoms with Crippen molar-refractivity contribution >= 4 is 23.0 Å². The molecule has 0 aliphatic rings. The van der Waals surface area contributed by atoms with Crippen LogP contribution in [-0.2, 0) is 0 Å². The van der Waals surface area contributed by atoms with Crippen molar-refractivity contribution < 1.29 is 0 Å². The van der Waals surface area contributed by atoms with E-state index in [2.05, 4.69) is 37.7 Å². The number of benzene rings is 1. The molecule has 0 aromatic heterocycles. The Hall–Kier alpha value is -0.930. The van der Waals surface area contributed by atoms with E-state index in [1.807, 2.05) is 18.2 Å². The van der Waals surface area contributed by atoms with Gasteiger partial charge in [0, 0.05) is 19.1 Å². The van der Waals surface area contributed by atoms with Gasteiger partial charge < -0.3 is 15.5 Å². The molecular weight excluding hydrogens is 234 g/mol. The number of rotatable bonds is 5. The Morgan fingerprint density at radius 3 is 2.47 bits per heavy atom. The van der Waals surface area contributed by atoms with Gasteiger partial charge in [0.05, 0.1) is 16.4 Å². The normalized spacial score (nSPS) is 12.8. The molecule has 0 fully saturated rings. The maximum atomic E-state index is 6.25. The first-order chi connectivity index (χ1) is 7.97. The van der Waals surface area contributed by atoms with E-state index in [4.69, 9.17) is 17.3 Å². The second kappa shape index (κ2) is 6.12. The van der Waals surface area contributed by atoms with Crippen LogP contribution in [0.4, 0.5) is 11.4 Å². The molecule has 0 heterocycles. The topological polar surface area (TPSA) is 32.5 Å². The van der Waals surface area contributed by atoms with E-state index in [0.29, 0.717) is 6.04 Å². The van der Waals surface area contributed by atoms with Gasteiger partial charge in [0.1, 0.15) is 0 Å². The molecule has 96 valence electrons. The molecule has 0 saturated carbocycles. The molecule has 1 unspecified atom stereocenters. The van der Waals surface area contributed by atoms with E-state index < -0.39 is 0 Å². The third-order valence-corrected chi connectivity index (χ3v) is 3.11. The van der Waals surface area contributed by atoms with E-state index in [-0.39, 0.29) is 0 Å². The van der Waals surface area contributed by atoms with Crippen molar-refractivity contribution in [2.24, 2.45) is 0 Å². The van der Waals surface area contributed by atoms with Crippen molar-refractivity contribution in [3.63, 3.8) is 0 Å². The summed E-state index contributed by atoms with van der Waals surface area (Å²) in [5, 5.41) is 0.720. The molecule has 0 bridgehead atoms. The molecule has 1 atom stereocenters. The van der Waals surface area contributed by atoms with Gasteiger partial charge in [-0.1, -0.05) is 17.7 Å². The number of nitrogens with two attached hydrogens (primary N) is 1. The number of para-hydroxylation sites is 1. The second-order valence-corrected chi connectivity index (χ2v) is 4.98. The van der Waals surface area contributed by atoms with Gasteiger partial charge in [-0.15, -0.1) is 0 Å². The zero-order valence-corrected chi connectivity index (χ0v) is 11.8. The SMILES string of the molecule is CCN(c1c(N)cccc1Cl)C(C)CN(C)C. The lowest BCUT2D eigenvalue weighted by Crippen LogP contribution is -2.40. The fraction of sp³-hybridized carbons (Fsp3) is 0.538. The Labute approximate surface area is 109 Å². The summed E-state index contributed by atoms with van der Waals surface area (Å²) in [6.07, 6.45) is 0. The molecule has 0 spiro atoms. The first kappa shape index (κ1) is 14.1. The van der Waals surface area contributed by atoms with Gasteiger partial charge in [-0.25, -0.2) is 0 Å². The first-order valence-corrected chi connectivity index (χ1v) is 6.30. The van der Waals surface area contributed by atoms with Crippen LogP contribution in [-0.4, -0.2) is 38.1 Å². The Kier molecular flexibility index (Phi) is 5.09. The summed E-state index contributed by atoms with van der Waals surface area (Å²) in [5.41, 5.74) is 7.72. The maximum Gasteiger partial charge on any atom is 0.0791 e. The molecule has 1 rings (SSSR count). The third kappa shape index (κ3) is 3.51. The highest BCUT2D eigenvalue weighted by molar-refractivity contribution is 6.34. The van der Waals surface area contributed by atoms with Gasteiger partial charge >= 0.3 is 0 Å². The van der Waals surface area contributed by atoms with Crippen LogP contribution < -0.4 is 10.6 Å². The van der Waals surface area contributed by atoms with E-state index in [1.165, 1.54) is 0 Å². The van der Waals surface area contributed by atoms with Crippen LogP contribution in [0.25, 0.3) is 0 Å². The molecular formula is C13H22ClN3. The van der Waals surface area contributed by atoms with Crippen molar-refractivity contribution in [1.82, 2.24) is 4.90 Å². The maximum absolute atomic E-state index is 6.25. The van der Waals surface area contributed by atoms with Gasteiger partial charge in [0.2, 0.25) is 0 Å². The fourth-order valence-electron chi connectivity index (χ4n) is 2.15. The Morgan fingerprint density at radius 2 is 2.00 bits per heavy atom. The minimum atomic E-state index is 0.372. The molecule has 0 aliphatic heterocycles. The van der Waals surface area contributed by atoms with Crippen LogP contribution in [0.1, 0.15) is 13.8 Å². The van der Waals surface area contributed by atoms with Gasteiger partial charge in [0.15, 0.2) is 0 Å². The Morgan fingerprint density at radius 1 is 1.35 bits per heavy atom. The molecule has 0 saturated heterocycles. The fourth-order valence-corrected chi connectivity index (χ4v) is 2.44. The Balaban J connectivity index is 3.01. The number of nitrogens with zero attached hydrogens (tertiary/aromatic N) is 2. The highest BCUT2D eigenvalue weighted by Gasteiger charge is 2.18.